The number of ether oxygens (including phenoxy) is 1. The average molecular weight is 307 g/mol. The summed E-state index contributed by atoms with van der Waals surface area (Å²) in [4.78, 5) is 3.62. The lowest BCUT2D eigenvalue weighted by atomic mass is 10.3. The van der Waals surface area contributed by atoms with Crippen LogP contribution in [0.4, 0.5) is 0 Å². The van der Waals surface area contributed by atoms with Crippen LogP contribution in [0.1, 0.15) is 0 Å². The summed E-state index contributed by atoms with van der Waals surface area (Å²) in [6.45, 7) is 0. The van der Waals surface area contributed by atoms with E-state index in [9.17, 15) is 0 Å². The topological polar surface area (TPSA) is 45.4 Å². The highest BCUT2D eigenvalue weighted by molar-refractivity contribution is 8.38. The first-order valence-electron chi connectivity index (χ1n) is 4.39. The van der Waals surface area contributed by atoms with E-state index in [0.29, 0.717) is 26.1 Å². The number of hydrogen-bond acceptors (Lipinski definition) is 5. The van der Waals surface area contributed by atoms with Gasteiger partial charge in [0.05, 0.1) is 5.02 Å². The van der Waals surface area contributed by atoms with E-state index in [1.165, 1.54) is 23.5 Å². The van der Waals surface area contributed by atoms with Gasteiger partial charge in [0.1, 0.15) is 21.1 Å². The molecule has 0 radical (unpaired) electrons. The quantitative estimate of drug-likeness (QED) is 0.362. The molecule has 0 saturated carbocycles. The van der Waals surface area contributed by atoms with Crippen LogP contribution in [-0.4, -0.2) is 16.6 Å². The minimum Gasteiger partial charge on any atom is -0.481 e. The minimum atomic E-state index is 0.321. The molecule has 0 aliphatic rings. The second-order valence-corrected chi connectivity index (χ2v) is 5.39. The molecule has 0 bridgehead atoms. The van der Waals surface area contributed by atoms with E-state index in [2.05, 4.69) is 4.99 Å². The fraction of sp³-hybridized carbons (Fsp3) is 0.200. The molecule has 0 amide bonds. The summed E-state index contributed by atoms with van der Waals surface area (Å²) in [5.41, 5.74) is 0. The molecule has 0 aliphatic carbocycles. The first-order valence-corrected chi connectivity index (χ1v) is 7.36. The zero-order valence-electron chi connectivity index (χ0n) is 8.81. The standard InChI is InChI=1S/C10H8Cl2N2OS2/c1-16-10(14-5-13)17-6-15-8-4-2-3-7(11)9(8)12/h2-4H,6H2,1H3. The SMILES string of the molecule is CSC(=NC#N)SCOc1cccc(Cl)c1Cl. The van der Waals surface area contributed by atoms with Crippen molar-refractivity contribution in [3.05, 3.63) is 28.2 Å². The Morgan fingerprint density at radius 3 is 2.94 bits per heavy atom. The van der Waals surface area contributed by atoms with Crippen LogP contribution >= 0.6 is 46.7 Å². The van der Waals surface area contributed by atoms with Crippen molar-refractivity contribution in [2.24, 2.45) is 4.99 Å². The van der Waals surface area contributed by atoms with Crippen molar-refractivity contribution in [2.75, 3.05) is 12.2 Å². The molecule has 0 unspecified atom stereocenters. The first-order chi connectivity index (χ1) is 8.19. The zero-order chi connectivity index (χ0) is 12.7. The summed E-state index contributed by atoms with van der Waals surface area (Å²) in [5.74, 6) is 0.839. The Hall–Kier alpha value is -0.540. The van der Waals surface area contributed by atoms with Crippen molar-refractivity contribution in [1.29, 1.82) is 5.26 Å². The molecule has 1 rings (SSSR count). The average Bonchev–Trinajstić information content (AvgIpc) is 2.33. The van der Waals surface area contributed by atoms with Crippen molar-refractivity contribution < 1.29 is 4.74 Å². The number of aliphatic imine (C=N–C) groups is 1. The molecule has 17 heavy (non-hydrogen) atoms. The lowest BCUT2D eigenvalue weighted by Gasteiger charge is -2.08. The fourth-order valence-electron chi connectivity index (χ4n) is 0.917. The van der Waals surface area contributed by atoms with E-state index in [-0.39, 0.29) is 0 Å². The van der Waals surface area contributed by atoms with Gasteiger partial charge in [0, 0.05) is 0 Å². The smallest absolute Gasteiger partial charge is 0.207 e. The van der Waals surface area contributed by atoms with E-state index in [0.717, 1.165) is 0 Å². The van der Waals surface area contributed by atoms with Crippen molar-refractivity contribution in [1.82, 2.24) is 0 Å². The predicted molar refractivity (Wildman–Crippen MR) is 76.1 cm³/mol. The molecular formula is C10H8Cl2N2OS2. The second-order valence-electron chi connectivity index (χ2n) is 2.64. The molecule has 90 valence electrons. The molecule has 1 aromatic rings. The third-order valence-electron chi connectivity index (χ3n) is 1.63. The Kier molecular flexibility index (Phi) is 6.60. The van der Waals surface area contributed by atoms with Crippen LogP contribution in [0, 0.1) is 11.5 Å². The normalized spacial score (nSPS) is 11.1. The summed E-state index contributed by atoms with van der Waals surface area (Å²) in [5, 5.41) is 9.26. The summed E-state index contributed by atoms with van der Waals surface area (Å²) in [7, 11) is 0. The van der Waals surface area contributed by atoms with Gasteiger partial charge >= 0.3 is 0 Å². The summed E-state index contributed by atoms with van der Waals surface area (Å²) in [6, 6.07) is 5.18. The largest absolute Gasteiger partial charge is 0.481 e. The van der Waals surface area contributed by atoms with Gasteiger partial charge in [-0.15, -0.1) is 11.8 Å². The van der Waals surface area contributed by atoms with Gasteiger partial charge in [-0.2, -0.15) is 10.3 Å². The number of benzene rings is 1. The minimum absolute atomic E-state index is 0.321. The summed E-state index contributed by atoms with van der Waals surface area (Å²) < 4.78 is 6.08. The summed E-state index contributed by atoms with van der Waals surface area (Å²) >= 11 is 14.5. The van der Waals surface area contributed by atoms with E-state index < -0.39 is 0 Å². The lowest BCUT2D eigenvalue weighted by Crippen LogP contribution is -1.96. The molecule has 0 aromatic heterocycles. The van der Waals surface area contributed by atoms with Crippen molar-refractivity contribution in [3.63, 3.8) is 0 Å². The maximum absolute atomic E-state index is 8.42. The lowest BCUT2D eigenvalue weighted by molar-refractivity contribution is 0.394. The van der Waals surface area contributed by atoms with Crippen LogP contribution in [0.25, 0.3) is 0 Å². The van der Waals surface area contributed by atoms with Crippen molar-refractivity contribution >= 4 is 51.1 Å². The Balaban J connectivity index is 2.55. The van der Waals surface area contributed by atoms with Gasteiger partial charge in [0.15, 0.2) is 0 Å². The highest BCUT2D eigenvalue weighted by Crippen LogP contribution is 2.32. The molecule has 0 heterocycles. The van der Waals surface area contributed by atoms with Gasteiger partial charge in [0.25, 0.3) is 0 Å². The number of nitrogens with zero attached hydrogens (tertiary/aromatic N) is 2. The summed E-state index contributed by atoms with van der Waals surface area (Å²) in [6.07, 6.45) is 3.57. The van der Waals surface area contributed by atoms with Crippen LogP contribution in [0.2, 0.25) is 10.0 Å². The number of hydrogen-bond donors (Lipinski definition) is 0. The Morgan fingerprint density at radius 2 is 2.29 bits per heavy atom. The molecule has 0 N–H and O–H groups in total. The monoisotopic (exact) mass is 306 g/mol. The van der Waals surface area contributed by atoms with E-state index in [1.54, 1.807) is 24.4 Å². The van der Waals surface area contributed by atoms with Crippen LogP contribution in [-0.2, 0) is 0 Å². The number of thioether (sulfide) groups is 2. The van der Waals surface area contributed by atoms with Gasteiger partial charge in [-0.25, -0.2) is 0 Å². The van der Waals surface area contributed by atoms with Gasteiger partial charge in [-0.05, 0) is 18.4 Å². The predicted octanol–water partition coefficient (Wildman–Crippen LogP) is 4.26. The Labute approximate surface area is 118 Å². The van der Waals surface area contributed by atoms with Gasteiger partial charge in [-0.3, -0.25) is 0 Å². The van der Waals surface area contributed by atoms with Gasteiger partial charge < -0.3 is 4.74 Å². The molecule has 0 spiro atoms. The zero-order valence-corrected chi connectivity index (χ0v) is 12.0. The molecule has 3 nitrogen and oxygen atoms in total. The van der Waals surface area contributed by atoms with Crippen LogP contribution in [0.15, 0.2) is 23.2 Å². The van der Waals surface area contributed by atoms with Crippen molar-refractivity contribution in [3.8, 4) is 11.9 Å². The maximum atomic E-state index is 8.42. The highest BCUT2D eigenvalue weighted by Gasteiger charge is 2.06. The maximum Gasteiger partial charge on any atom is 0.207 e. The van der Waals surface area contributed by atoms with Crippen molar-refractivity contribution in [2.45, 2.75) is 0 Å². The number of rotatable bonds is 3. The molecule has 7 heteroatoms. The highest BCUT2D eigenvalue weighted by atomic mass is 35.5. The van der Waals surface area contributed by atoms with E-state index >= 15 is 0 Å². The molecule has 0 fully saturated rings. The third kappa shape index (κ3) is 4.68. The van der Waals surface area contributed by atoms with Gasteiger partial charge in [-0.1, -0.05) is 41.0 Å². The third-order valence-corrected chi connectivity index (χ3v) is 4.30. The molecule has 0 aliphatic heterocycles. The van der Waals surface area contributed by atoms with E-state index in [4.69, 9.17) is 33.2 Å². The van der Waals surface area contributed by atoms with Crippen LogP contribution in [0.5, 0.6) is 5.75 Å². The number of nitriles is 1. The fourth-order valence-corrected chi connectivity index (χ4v) is 2.40. The Bertz CT molecular complexity index is 460. The van der Waals surface area contributed by atoms with Crippen LogP contribution < -0.4 is 4.74 Å². The molecule has 1 aromatic carbocycles. The van der Waals surface area contributed by atoms with E-state index in [1.807, 2.05) is 6.26 Å². The number of halogens is 2. The molecular weight excluding hydrogens is 299 g/mol. The first kappa shape index (κ1) is 14.5. The Morgan fingerprint density at radius 1 is 1.53 bits per heavy atom. The van der Waals surface area contributed by atoms with Crippen LogP contribution in [0.3, 0.4) is 0 Å². The molecule has 0 saturated heterocycles. The van der Waals surface area contributed by atoms with Gasteiger partial charge in [0.2, 0.25) is 6.19 Å². The molecule has 0 atom stereocenters. The second kappa shape index (κ2) is 7.72.